The third kappa shape index (κ3) is 4.98. The zero-order chi connectivity index (χ0) is 16.0. The molecule has 22 heavy (non-hydrogen) atoms. The normalized spacial score (nSPS) is 18.8. The molecule has 1 amide bonds. The molecule has 0 bridgehead atoms. The average molecular weight is 364 g/mol. The summed E-state index contributed by atoms with van der Waals surface area (Å²) >= 11 is 3.54. The smallest absolute Gasteiger partial charge is 0.243 e. The van der Waals surface area contributed by atoms with Gasteiger partial charge in [-0.2, -0.15) is 0 Å². The summed E-state index contributed by atoms with van der Waals surface area (Å²) in [5.41, 5.74) is 2.37. The molecule has 0 aromatic heterocycles. The minimum Gasteiger partial charge on any atom is -0.311 e. The van der Waals surface area contributed by atoms with Crippen LogP contribution in [0, 0.1) is 0 Å². The van der Waals surface area contributed by atoms with Crippen LogP contribution in [0.2, 0.25) is 0 Å². The lowest BCUT2D eigenvalue weighted by Crippen LogP contribution is -2.40. The molecule has 1 aliphatic rings. The monoisotopic (exact) mass is 363 g/mol. The summed E-state index contributed by atoms with van der Waals surface area (Å²) in [7, 11) is 0. The second-order valence-electron chi connectivity index (χ2n) is 6.50. The lowest BCUT2D eigenvalue weighted by molar-refractivity contribution is -0.131. The van der Waals surface area contributed by atoms with E-state index in [9.17, 15) is 4.79 Å². The summed E-state index contributed by atoms with van der Waals surface area (Å²) in [5, 5.41) is 0. The Morgan fingerprint density at radius 2 is 1.82 bits per heavy atom. The number of carbonyl (C=O) groups is 1. The molecule has 0 spiro atoms. The van der Waals surface area contributed by atoms with E-state index in [-0.39, 0.29) is 5.91 Å². The van der Waals surface area contributed by atoms with Crippen LogP contribution < -0.4 is 0 Å². The van der Waals surface area contributed by atoms with E-state index < -0.39 is 4.32 Å². The van der Waals surface area contributed by atoms with Crippen LogP contribution >= 0.6 is 15.9 Å². The standard InChI is InChI=1S/C19H26BrNO/c1-19(2,20)18(22)21(15-16-11-7-6-8-12-16)17-13-9-4-3-5-10-14-17/h6-8,11-13H,3-5,9-10,14-15H2,1-2H3/b17-13+. The van der Waals surface area contributed by atoms with Crippen LogP contribution in [-0.2, 0) is 11.3 Å². The van der Waals surface area contributed by atoms with Crippen molar-refractivity contribution in [3.8, 4) is 0 Å². The van der Waals surface area contributed by atoms with Crippen molar-refractivity contribution in [2.24, 2.45) is 0 Å². The predicted molar refractivity (Wildman–Crippen MR) is 95.8 cm³/mol. The predicted octanol–water partition coefficient (Wildman–Crippen LogP) is 5.43. The molecule has 2 rings (SSSR count). The first-order chi connectivity index (χ1) is 10.5. The van der Waals surface area contributed by atoms with Crippen LogP contribution in [0.4, 0.5) is 0 Å². The molecule has 0 atom stereocenters. The van der Waals surface area contributed by atoms with Gasteiger partial charge in [0.15, 0.2) is 0 Å². The van der Waals surface area contributed by atoms with Crippen LogP contribution in [-0.4, -0.2) is 15.1 Å². The van der Waals surface area contributed by atoms with Gasteiger partial charge in [0.25, 0.3) is 0 Å². The summed E-state index contributed by atoms with van der Waals surface area (Å²) in [5.74, 6) is 0.142. The van der Waals surface area contributed by atoms with E-state index in [1.165, 1.54) is 36.9 Å². The van der Waals surface area contributed by atoms with E-state index >= 15 is 0 Å². The Bertz CT molecular complexity index is 516. The van der Waals surface area contributed by atoms with Crippen LogP contribution in [0.1, 0.15) is 57.9 Å². The molecule has 0 saturated carbocycles. The van der Waals surface area contributed by atoms with E-state index in [0.29, 0.717) is 6.54 Å². The van der Waals surface area contributed by atoms with E-state index in [4.69, 9.17) is 0 Å². The minimum atomic E-state index is -0.537. The third-order valence-electron chi connectivity index (χ3n) is 4.05. The molecule has 0 aliphatic heterocycles. The maximum atomic E-state index is 12.9. The van der Waals surface area contributed by atoms with Crippen LogP contribution in [0.15, 0.2) is 42.1 Å². The van der Waals surface area contributed by atoms with Crippen molar-refractivity contribution in [2.75, 3.05) is 0 Å². The molecule has 1 aromatic carbocycles. The SMILES string of the molecule is CC(C)(Br)C(=O)N(Cc1ccccc1)/C1=C/CCCCCC1. The molecule has 120 valence electrons. The highest BCUT2D eigenvalue weighted by molar-refractivity contribution is 9.10. The van der Waals surface area contributed by atoms with Crippen molar-refractivity contribution >= 4 is 21.8 Å². The number of allylic oxidation sites excluding steroid dienone is 2. The molecule has 0 saturated heterocycles. The van der Waals surface area contributed by atoms with Gasteiger partial charge in [-0.05, 0) is 45.1 Å². The maximum Gasteiger partial charge on any atom is 0.243 e. The van der Waals surface area contributed by atoms with Gasteiger partial charge in [0.05, 0.1) is 10.9 Å². The maximum absolute atomic E-state index is 12.9. The van der Waals surface area contributed by atoms with E-state index in [1.807, 2.05) is 36.9 Å². The molecule has 0 radical (unpaired) electrons. The molecular formula is C19H26BrNO. The topological polar surface area (TPSA) is 20.3 Å². The van der Waals surface area contributed by atoms with Crippen LogP contribution in [0.25, 0.3) is 0 Å². The second kappa shape index (κ2) is 7.96. The fourth-order valence-corrected chi connectivity index (χ4v) is 3.02. The molecule has 3 heteroatoms. The Morgan fingerprint density at radius 3 is 2.50 bits per heavy atom. The molecule has 2 nitrogen and oxygen atoms in total. The number of alkyl halides is 1. The summed E-state index contributed by atoms with van der Waals surface area (Å²) in [6, 6.07) is 10.3. The second-order valence-corrected chi connectivity index (χ2v) is 8.48. The summed E-state index contributed by atoms with van der Waals surface area (Å²) in [6.45, 7) is 4.51. The number of rotatable bonds is 4. The number of benzene rings is 1. The van der Waals surface area contributed by atoms with Crippen molar-refractivity contribution in [1.29, 1.82) is 0 Å². The van der Waals surface area contributed by atoms with E-state index in [2.05, 4.69) is 34.1 Å². The molecule has 0 heterocycles. The number of amides is 1. The lowest BCUT2D eigenvalue weighted by Gasteiger charge is -2.31. The average Bonchev–Trinajstić information content (AvgIpc) is 2.44. The van der Waals surface area contributed by atoms with Crippen molar-refractivity contribution in [1.82, 2.24) is 4.90 Å². The highest BCUT2D eigenvalue weighted by Gasteiger charge is 2.31. The van der Waals surface area contributed by atoms with Crippen molar-refractivity contribution < 1.29 is 4.79 Å². The number of hydrogen-bond donors (Lipinski definition) is 0. The molecule has 0 unspecified atom stereocenters. The largest absolute Gasteiger partial charge is 0.311 e. The lowest BCUT2D eigenvalue weighted by atomic mass is 10.0. The minimum absolute atomic E-state index is 0.142. The summed E-state index contributed by atoms with van der Waals surface area (Å²) in [6.07, 6.45) is 9.33. The zero-order valence-corrected chi connectivity index (χ0v) is 15.2. The third-order valence-corrected chi connectivity index (χ3v) is 4.39. The van der Waals surface area contributed by atoms with E-state index in [1.54, 1.807) is 0 Å². The van der Waals surface area contributed by atoms with Gasteiger partial charge >= 0.3 is 0 Å². The molecule has 1 aromatic rings. The van der Waals surface area contributed by atoms with Crippen molar-refractivity contribution in [2.45, 2.75) is 63.2 Å². The van der Waals surface area contributed by atoms with Gasteiger partial charge in [0.1, 0.15) is 0 Å². The first kappa shape index (κ1) is 17.3. The number of halogens is 1. The summed E-state index contributed by atoms with van der Waals surface area (Å²) < 4.78 is -0.537. The Morgan fingerprint density at radius 1 is 1.14 bits per heavy atom. The van der Waals surface area contributed by atoms with Gasteiger partial charge in [-0.15, -0.1) is 0 Å². The molecule has 0 fully saturated rings. The Hall–Kier alpha value is -1.09. The fourth-order valence-electron chi connectivity index (χ4n) is 2.81. The first-order valence-corrected chi connectivity index (χ1v) is 9.01. The van der Waals surface area contributed by atoms with Gasteiger partial charge < -0.3 is 4.90 Å². The summed E-state index contributed by atoms with van der Waals surface area (Å²) in [4.78, 5) is 14.9. The molecule has 1 aliphatic carbocycles. The number of nitrogens with zero attached hydrogens (tertiary/aromatic N) is 1. The molecular weight excluding hydrogens is 338 g/mol. The van der Waals surface area contributed by atoms with Gasteiger partial charge in [0, 0.05) is 5.70 Å². The van der Waals surface area contributed by atoms with Gasteiger partial charge in [-0.25, -0.2) is 0 Å². The fraction of sp³-hybridized carbons (Fsp3) is 0.526. The van der Waals surface area contributed by atoms with Crippen LogP contribution in [0.5, 0.6) is 0 Å². The van der Waals surface area contributed by atoms with Crippen molar-refractivity contribution in [3.63, 3.8) is 0 Å². The van der Waals surface area contributed by atoms with E-state index in [0.717, 1.165) is 12.8 Å². The Labute approximate surface area is 142 Å². The zero-order valence-electron chi connectivity index (χ0n) is 13.6. The number of carbonyl (C=O) groups excluding carboxylic acids is 1. The van der Waals surface area contributed by atoms with Gasteiger partial charge in [0.2, 0.25) is 5.91 Å². The Balaban J connectivity index is 2.26. The van der Waals surface area contributed by atoms with Crippen molar-refractivity contribution in [3.05, 3.63) is 47.7 Å². The quantitative estimate of drug-likeness (QED) is 0.653. The van der Waals surface area contributed by atoms with Gasteiger partial charge in [-0.1, -0.05) is 65.2 Å². The molecule has 0 N–H and O–H groups in total. The highest BCUT2D eigenvalue weighted by Crippen LogP contribution is 2.27. The van der Waals surface area contributed by atoms with Crippen LogP contribution in [0.3, 0.4) is 0 Å². The number of hydrogen-bond acceptors (Lipinski definition) is 1. The first-order valence-electron chi connectivity index (χ1n) is 8.22. The van der Waals surface area contributed by atoms with Gasteiger partial charge in [-0.3, -0.25) is 4.79 Å². The highest BCUT2D eigenvalue weighted by atomic mass is 79.9. The Kier molecular flexibility index (Phi) is 6.25.